The number of nitrogens with one attached hydrogen (secondary N) is 1. The van der Waals surface area contributed by atoms with Gasteiger partial charge in [-0.05, 0) is 51.7 Å². The smallest absolute Gasteiger partial charge is 0.242 e. The molecule has 22 heavy (non-hydrogen) atoms. The Morgan fingerprint density at radius 2 is 1.82 bits per heavy atom. The minimum absolute atomic E-state index is 0.109. The van der Waals surface area contributed by atoms with Gasteiger partial charge in [-0.25, -0.2) is 13.3 Å². The fraction of sp³-hybridized carbons (Fsp3) is 0.600. The third-order valence-corrected chi connectivity index (χ3v) is 5.13. The second kappa shape index (κ2) is 5.92. The highest BCUT2D eigenvalue weighted by atomic mass is 32.2. The Kier molecular flexibility index (Phi) is 4.69. The first-order valence-electron chi connectivity index (χ1n) is 7.05. The van der Waals surface area contributed by atoms with E-state index in [1.54, 1.807) is 20.8 Å². The van der Waals surface area contributed by atoms with Crippen LogP contribution in [-0.2, 0) is 17.2 Å². The molecule has 1 fully saturated rings. The van der Waals surface area contributed by atoms with Crippen LogP contribution in [0, 0.1) is 11.7 Å². The second-order valence-electron chi connectivity index (χ2n) is 6.55. The van der Waals surface area contributed by atoms with Crippen molar-refractivity contribution in [1.29, 1.82) is 0 Å². The molecular formula is C15H19F4NOS. The van der Waals surface area contributed by atoms with E-state index < -0.39 is 39.3 Å². The van der Waals surface area contributed by atoms with Gasteiger partial charge in [0.1, 0.15) is 5.82 Å². The molecule has 0 unspecified atom stereocenters. The summed E-state index contributed by atoms with van der Waals surface area (Å²) in [5.74, 6) is -0.803. The van der Waals surface area contributed by atoms with Gasteiger partial charge < -0.3 is 0 Å². The van der Waals surface area contributed by atoms with Crippen molar-refractivity contribution in [2.24, 2.45) is 5.92 Å². The SMILES string of the molecule is CC(C)(C)[S@](=O)N[C@@H](c1ccc(C(F)(F)F)cc1F)C1CC1. The fourth-order valence-corrected chi connectivity index (χ4v) is 2.99. The largest absolute Gasteiger partial charge is 0.416 e. The molecule has 0 amide bonds. The summed E-state index contributed by atoms with van der Waals surface area (Å²) in [6.07, 6.45) is -2.88. The van der Waals surface area contributed by atoms with Crippen LogP contribution >= 0.6 is 0 Å². The Labute approximate surface area is 129 Å². The van der Waals surface area contributed by atoms with E-state index in [-0.39, 0.29) is 11.5 Å². The standard InChI is InChI=1S/C15H19F4NOS/c1-14(2,3)22(21)20-13(9-4-5-9)11-7-6-10(8-12(11)16)15(17,18)19/h6-9,13,20H,4-5H2,1-3H3/t13-,22+/m1/s1. The van der Waals surface area contributed by atoms with Gasteiger partial charge in [-0.1, -0.05) is 6.07 Å². The third kappa shape index (κ3) is 4.07. The van der Waals surface area contributed by atoms with Crippen LogP contribution in [0.3, 0.4) is 0 Å². The van der Waals surface area contributed by atoms with Gasteiger partial charge in [-0.15, -0.1) is 0 Å². The first kappa shape index (κ1) is 17.4. The van der Waals surface area contributed by atoms with Crippen LogP contribution in [-0.4, -0.2) is 8.96 Å². The Morgan fingerprint density at radius 3 is 2.23 bits per heavy atom. The molecule has 124 valence electrons. The van der Waals surface area contributed by atoms with E-state index in [0.29, 0.717) is 6.07 Å². The van der Waals surface area contributed by atoms with Crippen molar-refractivity contribution in [2.75, 3.05) is 0 Å². The predicted molar refractivity (Wildman–Crippen MR) is 77.9 cm³/mol. The molecule has 0 saturated heterocycles. The number of halogens is 4. The van der Waals surface area contributed by atoms with E-state index in [1.807, 2.05) is 0 Å². The van der Waals surface area contributed by atoms with E-state index in [0.717, 1.165) is 25.0 Å². The molecule has 0 bridgehead atoms. The lowest BCUT2D eigenvalue weighted by Crippen LogP contribution is -2.36. The number of alkyl halides is 3. The van der Waals surface area contributed by atoms with Gasteiger partial charge in [0, 0.05) is 5.56 Å². The van der Waals surface area contributed by atoms with Crippen molar-refractivity contribution in [2.45, 2.75) is 50.6 Å². The maximum Gasteiger partial charge on any atom is 0.416 e. The minimum atomic E-state index is -4.57. The molecule has 1 saturated carbocycles. The van der Waals surface area contributed by atoms with Crippen molar-refractivity contribution in [3.05, 3.63) is 35.1 Å². The summed E-state index contributed by atoms with van der Waals surface area (Å²) in [5, 5.41) is 0. The van der Waals surface area contributed by atoms with E-state index in [9.17, 15) is 21.8 Å². The molecule has 7 heteroatoms. The minimum Gasteiger partial charge on any atom is -0.242 e. The predicted octanol–water partition coefficient (Wildman–Crippen LogP) is 4.35. The molecule has 0 spiro atoms. The van der Waals surface area contributed by atoms with Crippen LogP contribution in [0.5, 0.6) is 0 Å². The number of hydrogen-bond acceptors (Lipinski definition) is 1. The summed E-state index contributed by atoms with van der Waals surface area (Å²) in [6, 6.07) is 2.00. The van der Waals surface area contributed by atoms with Crippen molar-refractivity contribution in [3.8, 4) is 0 Å². The van der Waals surface area contributed by atoms with Crippen LogP contribution in [0.15, 0.2) is 18.2 Å². The summed E-state index contributed by atoms with van der Waals surface area (Å²) >= 11 is 0. The van der Waals surface area contributed by atoms with Crippen LogP contribution in [0.2, 0.25) is 0 Å². The lowest BCUT2D eigenvalue weighted by Gasteiger charge is -2.25. The van der Waals surface area contributed by atoms with Gasteiger partial charge in [0.25, 0.3) is 0 Å². The Hall–Kier alpha value is -0.950. The molecule has 0 radical (unpaired) electrons. The van der Waals surface area contributed by atoms with E-state index in [4.69, 9.17) is 0 Å². The first-order valence-corrected chi connectivity index (χ1v) is 8.20. The average Bonchev–Trinajstić information content (AvgIpc) is 3.17. The van der Waals surface area contributed by atoms with Gasteiger partial charge in [0.2, 0.25) is 0 Å². The van der Waals surface area contributed by atoms with Crippen LogP contribution < -0.4 is 4.72 Å². The van der Waals surface area contributed by atoms with Crippen molar-refractivity contribution >= 4 is 11.0 Å². The molecule has 2 atom stereocenters. The monoisotopic (exact) mass is 337 g/mol. The molecule has 1 aliphatic carbocycles. The first-order chi connectivity index (χ1) is 10.00. The summed E-state index contributed by atoms with van der Waals surface area (Å²) < 4.78 is 66.5. The number of benzene rings is 1. The zero-order valence-electron chi connectivity index (χ0n) is 12.6. The van der Waals surface area contributed by atoms with Crippen LogP contribution in [0.25, 0.3) is 0 Å². The summed E-state index contributed by atoms with van der Waals surface area (Å²) in [5.41, 5.74) is -0.867. The molecule has 2 nitrogen and oxygen atoms in total. The van der Waals surface area contributed by atoms with E-state index in [1.165, 1.54) is 0 Å². The number of rotatable bonds is 4. The topological polar surface area (TPSA) is 29.1 Å². The quantitative estimate of drug-likeness (QED) is 0.813. The summed E-state index contributed by atoms with van der Waals surface area (Å²) in [6.45, 7) is 5.34. The normalized spacial score (nSPS) is 19.0. The number of hydrogen-bond donors (Lipinski definition) is 1. The van der Waals surface area contributed by atoms with Crippen molar-refractivity contribution in [1.82, 2.24) is 4.72 Å². The Morgan fingerprint density at radius 1 is 1.23 bits per heavy atom. The highest BCUT2D eigenvalue weighted by molar-refractivity contribution is 7.84. The average molecular weight is 337 g/mol. The zero-order valence-corrected chi connectivity index (χ0v) is 13.4. The molecule has 0 aliphatic heterocycles. The van der Waals surface area contributed by atoms with E-state index >= 15 is 0 Å². The maximum absolute atomic E-state index is 14.1. The van der Waals surface area contributed by atoms with Crippen LogP contribution in [0.1, 0.15) is 50.8 Å². The molecule has 1 aliphatic rings. The summed E-state index contributed by atoms with van der Waals surface area (Å²) in [7, 11) is -1.42. The third-order valence-electron chi connectivity index (χ3n) is 3.55. The summed E-state index contributed by atoms with van der Waals surface area (Å²) in [4.78, 5) is 0. The van der Waals surface area contributed by atoms with Gasteiger partial charge in [0.15, 0.2) is 0 Å². The Bertz CT molecular complexity index is 576. The molecule has 0 heterocycles. The molecule has 1 N–H and O–H groups in total. The van der Waals surface area contributed by atoms with Gasteiger partial charge in [0.05, 0.1) is 27.3 Å². The highest BCUT2D eigenvalue weighted by Gasteiger charge is 2.38. The second-order valence-corrected chi connectivity index (χ2v) is 8.55. The van der Waals surface area contributed by atoms with Gasteiger partial charge >= 0.3 is 6.18 Å². The maximum atomic E-state index is 14.1. The highest BCUT2D eigenvalue weighted by Crippen LogP contribution is 2.43. The molecule has 0 aromatic heterocycles. The lowest BCUT2D eigenvalue weighted by molar-refractivity contribution is -0.137. The fourth-order valence-electron chi connectivity index (χ4n) is 2.09. The van der Waals surface area contributed by atoms with Gasteiger partial charge in [-0.2, -0.15) is 13.2 Å². The van der Waals surface area contributed by atoms with E-state index in [2.05, 4.69) is 4.72 Å². The van der Waals surface area contributed by atoms with Crippen molar-refractivity contribution in [3.63, 3.8) is 0 Å². The molecule has 1 aromatic carbocycles. The lowest BCUT2D eigenvalue weighted by atomic mass is 10.0. The molecule has 1 aromatic rings. The Balaban J connectivity index is 2.28. The molecular weight excluding hydrogens is 318 g/mol. The zero-order chi connectivity index (χ0) is 16.7. The van der Waals surface area contributed by atoms with Gasteiger partial charge in [-0.3, -0.25) is 0 Å². The van der Waals surface area contributed by atoms with Crippen LogP contribution in [0.4, 0.5) is 17.6 Å². The van der Waals surface area contributed by atoms with Crippen molar-refractivity contribution < 1.29 is 21.8 Å². The molecule has 2 rings (SSSR count).